The molecule has 87 heavy (non-hydrogen) atoms. The van der Waals surface area contributed by atoms with Gasteiger partial charge in [-0.25, -0.2) is 13.2 Å². The summed E-state index contributed by atoms with van der Waals surface area (Å²) in [5.74, 6) is -1.65. The summed E-state index contributed by atoms with van der Waals surface area (Å²) in [5, 5.41) is 13.5. The smallest absolute Gasteiger partial charge is 0.259 e. The molecule has 0 unspecified atom stereocenters. The number of amides is 5. The van der Waals surface area contributed by atoms with Crippen LogP contribution in [-0.2, 0) is 0 Å². The van der Waals surface area contributed by atoms with Gasteiger partial charge in [0.1, 0.15) is 29.0 Å². The van der Waals surface area contributed by atoms with Gasteiger partial charge in [-0.15, -0.1) is 0 Å². The highest BCUT2D eigenvalue weighted by molar-refractivity contribution is 6.07. The fourth-order valence-corrected chi connectivity index (χ4v) is 7.31. The molecule has 10 rings (SSSR count). The summed E-state index contributed by atoms with van der Waals surface area (Å²) in [7, 11) is 3.10. The van der Waals surface area contributed by atoms with E-state index in [1.807, 2.05) is 6.07 Å². The first-order valence-electron chi connectivity index (χ1n) is 26.2. The van der Waals surface area contributed by atoms with Crippen molar-refractivity contribution in [2.24, 2.45) is 0 Å². The molecule has 20 heteroatoms. The summed E-state index contributed by atoms with van der Waals surface area (Å²) < 4.78 is 49.1. The third kappa shape index (κ3) is 21.3. The van der Waals surface area contributed by atoms with Crippen molar-refractivity contribution in [1.29, 1.82) is 0 Å². The van der Waals surface area contributed by atoms with Crippen LogP contribution in [0.15, 0.2) is 243 Å². The zero-order valence-corrected chi connectivity index (χ0v) is 47.0. The molecule has 15 N–H and O–H groups in total. The molecule has 0 saturated heterocycles. The van der Waals surface area contributed by atoms with E-state index >= 15 is 0 Å². The number of anilines is 10. The Bertz CT molecular complexity index is 3880. The number of carbonyl (C=O) groups excluding carboxylic acids is 5. The first-order chi connectivity index (χ1) is 41.8. The number of nitrogens with two attached hydrogens (primary N) is 5. The van der Waals surface area contributed by atoms with Crippen LogP contribution in [0.4, 0.5) is 70.0 Å². The van der Waals surface area contributed by atoms with Crippen molar-refractivity contribution in [2.45, 2.75) is 0 Å². The third-order valence-corrected chi connectivity index (χ3v) is 11.8. The molecule has 10 aromatic carbocycles. The van der Waals surface area contributed by atoms with Gasteiger partial charge in [-0.1, -0.05) is 36.4 Å². The molecule has 17 nitrogen and oxygen atoms in total. The number of halogens is 3. The van der Waals surface area contributed by atoms with Crippen LogP contribution in [0.3, 0.4) is 0 Å². The van der Waals surface area contributed by atoms with Gasteiger partial charge in [0.15, 0.2) is 0 Å². The van der Waals surface area contributed by atoms with Gasteiger partial charge in [0.05, 0.1) is 25.3 Å². The van der Waals surface area contributed by atoms with Crippen molar-refractivity contribution >= 4 is 86.4 Å². The van der Waals surface area contributed by atoms with Crippen molar-refractivity contribution in [1.82, 2.24) is 0 Å². The molecule has 10 aromatic rings. The van der Waals surface area contributed by atoms with Gasteiger partial charge in [0, 0.05) is 73.6 Å². The van der Waals surface area contributed by atoms with E-state index in [9.17, 15) is 37.1 Å². The zero-order valence-electron chi connectivity index (χ0n) is 47.0. The number of carbonyl (C=O) groups is 5. The number of methoxy groups -OCH3 is 2. The first-order valence-corrected chi connectivity index (χ1v) is 26.2. The van der Waals surface area contributed by atoms with Crippen LogP contribution in [0.5, 0.6) is 11.5 Å². The maximum atomic E-state index is 13.3. The molecule has 0 aliphatic heterocycles. The summed E-state index contributed by atoms with van der Waals surface area (Å²) in [6, 6.07) is 64.9. The number of benzene rings is 10. The van der Waals surface area contributed by atoms with Gasteiger partial charge >= 0.3 is 0 Å². The molecule has 0 aliphatic carbocycles. The SMILES string of the molecule is COc1cccc(C(=O)Nc2ccc(N)cc2)c1.COc1ccccc1C(=O)Nc1ccc(N)cc1.Nc1ccc(NC(=O)c2ccc(F)cc2)cc1.Nc1ccc(NC(=O)c2cccc(F)c2)cc1.Nc1ccc(NC(=O)c2ccccc2F)cc1. The van der Waals surface area contributed by atoms with E-state index in [2.05, 4.69) is 26.6 Å². The zero-order chi connectivity index (χ0) is 62.7. The molecule has 0 bridgehead atoms. The van der Waals surface area contributed by atoms with Gasteiger partial charge in [-0.2, -0.15) is 0 Å². The Morgan fingerprint density at radius 3 is 1.05 bits per heavy atom. The van der Waals surface area contributed by atoms with Crippen LogP contribution >= 0.6 is 0 Å². The van der Waals surface area contributed by atoms with Gasteiger partial charge in [0.2, 0.25) is 0 Å². The summed E-state index contributed by atoms with van der Waals surface area (Å²) in [6.07, 6.45) is 0. The quantitative estimate of drug-likeness (QED) is 0.0511. The predicted molar refractivity (Wildman–Crippen MR) is 339 cm³/mol. The maximum Gasteiger partial charge on any atom is 0.259 e. The maximum absolute atomic E-state index is 13.3. The van der Waals surface area contributed by atoms with Crippen molar-refractivity contribution < 1.29 is 46.6 Å². The summed E-state index contributed by atoms with van der Waals surface area (Å²) in [4.78, 5) is 59.3. The molecule has 0 atom stereocenters. The van der Waals surface area contributed by atoms with Crippen LogP contribution in [0, 0.1) is 17.5 Å². The van der Waals surface area contributed by atoms with E-state index in [4.69, 9.17) is 38.1 Å². The minimum atomic E-state index is -0.541. The van der Waals surface area contributed by atoms with Crippen molar-refractivity contribution in [3.63, 3.8) is 0 Å². The van der Waals surface area contributed by atoms with E-state index in [0.717, 1.165) is 0 Å². The molecule has 0 fully saturated rings. The highest BCUT2D eigenvalue weighted by Gasteiger charge is 2.13. The number of nitrogens with one attached hydrogen (secondary N) is 5. The molecule has 0 aromatic heterocycles. The average molecular weight is 1180 g/mol. The first kappa shape index (κ1) is 64.1. The molecular weight excluding hydrogens is 1110 g/mol. The number of rotatable bonds is 12. The number of ether oxygens (including phenoxy) is 2. The highest BCUT2D eigenvalue weighted by atomic mass is 19.1. The average Bonchev–Trinajstić information content (AvgIpc) is 3.70. The van der Waals surface area contributed by atoms with Crippen LogP contribution in [-0.4, -0.2) is 43.8 Å². The topological polar surface area (TPSA) is 294 Å². The predicted octanol–water partition coefficient (Wildman–Crippen LogP) is 13.0. The summed E-state index contributed by atoms with van der Waals surface area (Å²) in [6.45, 7) is 0. The fourth-order valence-electron chi connectivity index (χ4n) is 7.31. The van der Waals surface area contributed by atoms with E-state index in [1.54, 1.807) is 183 Å². The minimum Gasteiger partial charge on any atom is -0.497 e. The van der Waals surface area contributed by atoms with Crippen LogP contribution in [0.25, 0.3) is 0 Å². The lowest BCUT2D eigenvalue weighted by Gasteiger charge is -2.09. The highest BCUT2D eigenvalue weighted by Crippen LogP contribution is 2.21. The molecular formula is C67H61F3N10O7. The normalized spacial score (nSPS) is 9.90. The number of nitrogen functional groups attached to an aromatic ring is 5. The van der Waals surface area contributed by atoms with Gasteiger partial charge in [-0.05, 0) is 206 Å². The van der Waals surface area contributed by atoms with Crippen LogP contribution in [0.1, 0.15) is 51.8 Å². The molecule has 0 spiro atoms. The number of para-hydroxylation sites is 1. The lowest BCUT2D eigenvalue weighted by atomic mass is 10.2. The minimum absolute atomic E-state index is 0.0179. The second-order valence-electron chi connectivity index (χ2n) is 18.3. The van der Waals surface area contributed by atoms with E-state index in [0.29, 0.717) is 85.1 Å². The van der Waals surface area contributed by atoms with Crippen molar-refractivity contribution in [3.8, 4) is 11.5 Å². The lowest BCUT2D eigenvalue weighted by molar-refractivity contribution is 0.101. The van der Waals surface area contributed by atoms with E-state index < -0.39 is 17.5 Å². The fraction of sp³-hybridized carbons (Fsp3) is 0.0299. The Labute approximate surface area is 500 Å². The van der Waals surface area contributed by atoms with Crippen LogP contribution < -0.4 is 64.7 Å². The van der Waals surface area contributed by atoms with Gasteiger partial charge < -0.3 is 64.7 Å². The third-order valence-electron chi connectivity index (χ3n) is 11.8. The van der Waals surface area contributed by atoms with E-state index in [-0.39, 0.29) is 40.6 Å². The Morgan fingerprint density at radius 2 is 0.655 bits per heavy atom. The number of hydrogen-bond acceptors (Lipinski definition) is 12. The standard InChI is InChI=1S/2C14H14N2O2.3C13H11FN2O/c1-18-13-4-2-3-10(9-13)14(17)16-12-7-5-11(15)6-8-12;1-18-13-5-3-2-4-12(13)14(17)16-11-8-6-10(15)7-9-11;14-10-3-1-9(2-4-10)13(17)16-12-7-5-11(15)6-8-12;14-10-3-1-2-9(8-10)13(17)16-12-6-4-11(15)5-7-12;14-12-4-2-1-3-11(12)13(17)16-10-7-5-9(15)6-8-10/h2*2-9H,15H2,1H3,(H,16,17);3*1-8H,15H2,(H,16,17). The summed E-state index contributed by atoms with van der Waals surface area (Å²) in [5.41, 5.74) is 35.9. The Kier molecular flexibility index (Phi) is 24.0. The second kappa shape index (κ2) is 32.5. The van der Waals surface area contributed by atoms with E-state index in [1.165, 1.54) is 67.8 Å². The number of hydrogen-bond donors (Lipinski definition) is 10. The molecule has 442 valence electrons. The Hall–Kier alpha value is -12.1. The molecule has 0 heterocycles. The second-order valence-corrected chi connectivity index (χ2v) is 18.3. The lowest BCUT2D eigenvalue weighted by Crippen LogP contribution is -2.13. The van der Waals surface area contributed by atoms with Gasteiger partial charge in [-0.3, -0.25) is 24.0 Å². The van der Waals surface area contributed by atoms with Crippen molar-refractivity contribution in [2.75, 3.05) is 69.5 Å². The Balaban J connectivity index is 0.000000174. The molecule has 0 saturated carbocycles. The summed E-state index contributed by atoms with van der Waals surface area (Å²) >= 11 is 0. The molecule has 0 radical (unpaired) electrons. The monoisotopic (exact) mass is 1170 g/mol. The molecule has 5 amide bonds. The molecule has 0 aliphatic rings. The Morgan fingerprint density at radius 1 is 0.310 bits per heavy atom. The van der Waals surface area contributed by atoms with Gasteiger partial charge in [0.25, 0.3) is 29.5 Å². The van der Waals surface area contributed by atoms with Crippen LogP contribution in [0.2, 0.25) is 0 Å². The van der Waals surface area contributed by atoms with Crippen molar-refractivity contribution in [3.05, 3.63) is 288 Å². The largest absolute Gasteiger partial charge is 0.497 e.